The molecular formula is C30H38N2O6S. The quantitative estimate of drug-likeness (QED) is 0.280. The molecule has 3 rings (SSSR count). The first-order chi connectivity index (χ1) is 18.7. The Bertz CT molecular complexity index is 1350. The van der Waals surface area contributed by atoms with Gasteiger partial charge in [-0.3, -0.25) is 9.10 Å². The second-order valence-electron chi connectivity index (χ2n) is 9.28. The molecule has 3 aromatic rings. The van der Waals surface area contributed by atoms with Crippen LogP contribution in [0.25, 0.3) is 0 Å². The number of carbonyl (C=O) groups excluding carboxylic acids is 1. The lowest BCUT2D eigenvalue weighted by Gasteiger charge is -2.25. The number of amides is 1. The summed E-state index contributed by atoms with van der Waals surface area (Å²) in [5.74, 6) is 1.15. The summed E-state index contributed by atoms with van der Waals surface area (Å²) in [5, 5.41) is 2.88. The number of anilines is 1. The van der Waals surface area contributed by atoms with Gasteiger partial charge < -0.3 is 19.5 Å². The second-order valence-corrected chi connectivity index (χ2v) is 11.1. The van der Waals surface area contributed by atoms with E-state index < -0.39 is 15.9 Å². The van der Waals surface area contributed by atoms with Gasteiger partial charge in [-0.25, -0.2) is 8.42 Å². The fourth-order valence-electron chi connectivity index (χ4n) is 4.27. The predicted molar refractivity (Wildman–Crippen MR) is 154 cm³/mol. The number of benzene rings is 3. The van der Waals surface area contributed by atoms with Crippen LogP contribution in [0.5, 0.6) is 17.2 Å². The molecule has 0 atom stereocenters. The van der Waals surface area contributed by atoms with Gasteiger partial charge in [-0.05, 0) is 80.1 Å². The first kappa shape index (κ1) is 29.8. The minimum Gasteiger partial charge on any atom is -0.493 e. The molecule has 3 aromatic carbocycles. The Morgan fingerprint density at radius 2 is 1.59 bits per heavy atom. The zero-order valence-corrected chi connectivity index (χ0v) is 24.1. The molecule has 8 nitrogen and oxygen atoms in total. The smallest absolute Gasteiger partial charge is 0.264 e. The van der Waals surface area contributed by atoms with Crippen LogP contribution < -0.4 is 23.8 Å². The third-order valence-corrected chi connectivity index (χ3v) is 7.87. The number of hydrogen-bond acceptors (Lipinski definition) is 6. The Kier molecular flexibility index (Phi) is 10.6. The number of carbonyl (C=O) groups is 1. The van der Waals surface area contributed by atoms with E-state index in [0.29, 0.717) is 31.0 Å². The molecule has 0 unspecified atom stereocenters. The Morgan fingerprint density at radius 3 is 2.26 bits per heavy atom. The molecule has 0 aliphatic carbocycles. The van der Waals surface area contributed by atoms with Crippen LogP contribution in [-0.4, -0.2) is 48.2 Å². The minimum absolute atomic E-state index is 0.00389. The van der Waals surface area contributed by atoms with Crippen molar-refractivity contribution in [2.75, 3.05) is 38.2 Å². The van der Waals surface area contributed by atoms with Crippen LogP contribution in [0.15, 0.2) is 65.6 Å². The average Bonchev–Trinajstić information content (AvgIpc) is 2.92. The van der Waals surface area contributed by atoms with Crippen LogP contribution in [0.2, 0.25) is 0 Å². The lowest BCUT2D eigenvalue weighted by Crippen LogP contribution is -2.41. The zero-order chi connectivity index (χ0) is 28.4. The molecule has 1 amide bonds. The molecule has 0 radical (unpaired) electrons. The fraction of sp³-hybridized carbons (Fsp3) is 0.367. The molecule has 0 saturated carbocycles. The lowest BCUT2D eigenvalue weighted by molar-refractivity contribution is -0.119. The van der Waals surface area contributed by atoms with Crippen molar-refractivity contribution < 1.29 is 27.4 Å². The number of ether oxygens (including phenoxy) is 3. The summed E-state index contributed by atoms with van der Waals surface area (Å²) in [4.78, 5) is 13.0. The maximum absolute atomic E-state index is 13.8. The van der Waals surface area contributed by atoms with Gasteiger partial charge in [0, 0.05) is 12.6 Å². The summed E-state index contributed by atoms with van der Waals surface area (Å²) in [6.45, 7) is 6.52. The lowest BCUT2D eigenvalue weighted by atomic mass is 10.1. The van der Waals surface area contributed by atoms with Crippen LogP contribution in [0.1, 0.15) is 36.5 Å². The second kappa shape index (κ2) is 13.9. The first-order valence-corrected chi connectivity index (χ1v) is 14.4. The maximum Gasteiger partial charge on any atom is 0.264 e. The fourth-order valence-corrected chi connectivity index (χ4v) is 5.69. The highest BCUT2D eigenvalue weighted by atomic mass is 32.2. The molecular weight excluding hydrogens is 516 g/mol. The van der Waals surface area contributed by atoms with E-state index in [2.05, 4.69) is 12.2 Å². The van der Waals surface area contributed by atoms with E-state index in [1.807, 2.05) is 44.2 Å². The third kappa shape index (κ3) is 7.89. The van der Waals surface area contributed by atoms with Gasteiger partial charge in [-0.2, -0.15) is 0 Å². The third-order valence-electron chi connectivity index (χ3n) is 6.10. The average molecular weight is 555 g/mol. The highest BCUT2D eigenvalue weighted by molar-refractivity contribution is 7.92. The van der Waals surface area contributed by atoms with Gasteiger partial charge in [0.15, 0.2) is 11.5 Å². The number of aryl methyl sites for hydroxylation is 3. The minimum atomic E-state index is -4.11. The molecule has 0 aliphatic rings. The molecule has 0 saturated heterocycles. The summed E-state index contributed by atoms with van der Waals surface area (Å²) in [6, 6.07) is 17.7. The van der Waals surface area contributed by atoms with E-state index in [1.165, 1.54) is 32.4 Å². The van der Waals surface area contributed by atoms with Crippen molar-refractivity contribution in [2.24, 2.45) is 0 Å². The van der Waals surface area contributed by atoms with Crippen LogP contribution in [-0.2, 0) is 21.2 Å². The molecule has 0 aliphatic heterocycles. The summed E-state index contributed by atoms with van der Waals surface area (Å²) in [6.07, 6.45) is 2.34. The molecule has 0 heterocycles. The van der Waals surface area contributed by atoms with Gasteiger partial charge in [0.25, 0.3) is 10.0 Å². The van der Waals surface area contributed by atoms with E-state index in [9.17, 15) is 13.2 Å². The van der Waals surface area contributed by atoms with Crippen LogP contribution in [0.4, 0.5) is 5.69 Å². The van der Waals surface area contributed by atoms with Crippen molar-refractivity contribution in [3.8, 4) is 17.2 Å². The van der Waals surface area contributed by atoms with Crippen molar-refractivity contribution in [3.05, 3.63) is 77.4 Å². The van der Waals surface area contributed by atoms with E-state index >= 15 is 0 Å². The number of nitrogens with one attached hydrogen (secondary N) is 1. The maximum atomic E-state index is 13.8. The topological polar surface area (TPSA) is 94.2 Å². The predicted octanol–water partition coefficient (Wildman–Crippen LogP) is 5.05. The van der Waals surface area contributed by atoms with Gasteiger partial charge >= 0.3 is 0 Å². The Balaban J connectivity index is 1.77. The number of methoxy groups -OCH3 is 2. The molecule has 210 valence electrons. The molecule has 9 heteroatoms. The van der Waals surface area contributed by atoms with Gasteiger partial charge in [0.2, 0.25) is 5.91 Å². The van der Waals surface area contributed by atoms with Crippen molar-refractivity contribution in [2.45, 2.75) is 44.9 Å². The molecule has 0 aromatic heterocycles. The van der Waals surface area contributed by atoms with Crippen molar-refractivity contribution >= 4 is 21.6 Å². The van der Waals surface area contributed by atoms with Gasteiger partial charge in [-0.15, -0.1) is 0 Å². The molecule has 39 heavy (non-hydrogen) atoms. The number of para-hydroxylation sites is 1. The monoisotopic (exact) mass is 554 g/mol. The van der Waals surface area contributed by atoms with E-state index in [4.69, 9.17) is 14.2 Å². The highest BCUT2D eigenvalue weighted by Gasteiger charge is 2.28. The molecule has 0 spiro atoms. The Hall–Kier alpha value is -3.72. The first-order valence-electron chi connectivity index (χ1n) is 13.0. The Labute approximate surface area is 231 Å². The summed E-state index contributed by atoms with van der Waals surface area (Å²) < 4.78 is 45.2. The van der Waals surface area contributed by atoms with E-state index in [0.717, 1.165) is 39.6 Å². The Morgan fingerprint density at radius 1 is 0.897 bits per heavy atom. The van der Waals surface area contributed by atoms with Gasteiger partial charge in [-0.1, -0.05) is 31.2 Å². The molecule has 0 bridgehead atoms. The standard InChI is InChI=1S/C30H38N2O6S/c1-6-16-38-27-12-8-7-10-24(27)11-9-15-31-30(33)21-32(25-18-22(2)17-23(3)19-25)39(34,35)26-13-14-28(36-4)29(20-26)37-5/h7-8,10,12-14,17-20H,6,9,11,15-16,21H2,1-5H3,(H,31,33). The molecule has 0 fully saturated rings. The summed E-state index contributed by atoms with van der Waals surface area (Å²) >= 11 is 0. The number of nitrogens with zero attached hydrogens (tertiary/aromatic N) is 1. The van der Waals surface area contributed by atoms with Gasteiger partial charge in [0.05, 0.1) is 31.4 Å². The van der Waals surface area contributed by atoms with Crippen LogP contribution in [0.3, 0.4) is 0 Å². The van der Waals surface area contributed by atoms with Crippen molar-refractivity contribution in [1.29, 1.82) is 0 Å². The van der Waals surface area contributed by atoms with Crippen LogP contribution >= 0.6 is 0 Å². The normalized spacial score (nSPS) is 11.1. The van der Waals surface area contributed by atoms with Crippen molar-refractivity contribution in [1.82, 2.24) is 5.32 Å². The molecule has 1 N–H and O–H groups in total. The highest BCUT2D eigenvalue weighted by Crippen LogP contribution is 2.32. The number of hydrogen-bond donors (Lipinski definition) is 1. The van der Waals surface area contributed by atoms with Crippen molar-refractivity contribution in [3.63, 3.8) is 0 Å². The van der Waals surface area contributed by atoms with Gasteiger partial charge in [0.1, 0.15) is 12.3 Å². The van der Waals surface area contributed by atoms with Crippen LogP contribution in [0, 0.1) is 13.8 Å². The van der Waals surface area contributed by atoms with E-state index in [-0.39, 0.29) is 17.2 Å². The zero-order valence-electron chi connectivity index (χ0n) is 23.3. The number of rotatable bonds is 14. The summed E-state index contributed by atoms with van der Waals surface area (Å²) in [5.41, 5.74) is 3.27. The van der Waals surface area contributed by atoms with E-state index in [1.54, 1.807) is 12.1 Å². The largest absolute Gasteiger partial charge is 0.493 e. The summed E-state index contributed by atoms with van der Waals surface area (Å²) in [7, 11) is -1.18. The number of sulfonamides is 1. The SMILES string of the molecule is CCCOc1ccccc1CCCNC(=O)CN(c1cc(C)cc(C)c1)S(=O)(=O)c1ccc(OC)c(OC)c1.